The molecule has 0 aliphatic carbocycles. The van der Waals surface area contributed by atoms with Crippen LogP contribution in [-0.2, 0) is 9.59 Å². The number of methoxy groups -OCH3 is 3. The van der Waals surface area contributed by atoms with E-state index < -0.39 is 17.7 Å². The van der Waals surface area contributed by atoms with Crippen LogP contribution >= 0.6 is 11.3 Å². The first-order valence-electron chi connectivity index (χ1n) is 9.87. The Kier molecular flexibility index (Phi) is 6.01. The van der Waals surface area contributed by atoms with Crippen molar-refractivity contribution in [2.24, 2.45) is 0 Å². The van der Waals surface area contributed by atoms with Gasteiger partial charge in [0.15, 0.2) is 11.5 Å². The second-order valence-corrected chi connectivity index (χ2v) is 8.28. The van der Waals surface area contributed by atoms with Crippen molar-refractivity contribution in [2.75, 3.05) is 26.2 Å². The lowest BCUT2D eigenvalue weighted by molar-refractivity contribution is -0.132. The van der Waals surface area contributed by atoms with Crippen LogP contribution in [-0.4, -0.2) is 48.3 Å². The normalized spacial score (nSPS) is 17.3. The number of aliphatic hydroxyl groups is 1. The monoisotopic (exact) mass is 467 g/mol. The summed E-state index contributed by atoms with van der Waals surface area (Å²) in [5.74, 6) is -0.442. The molecule has 170 valence electrons. The van der Waals surface area contributed by atoms with Crippen LogP contribution in [0.5, 0.6) is 17.2 Å². The van der Waals surface area contributed by atoms with Crippen LogP contribution in [0.15, 0.2) is 48.0 Å². The second kappa shape index (κ2) is 8.91. The summed E-state index contributed by atoms with van der Waals surface area (Å²) in [5.41, 5.74) is 0.840. The van der Waals surface area contributed by atoms with Crippen LogP contribution in [0, 0.1) is 6.92 Å². The minimum Gasteiger partial charge on any atom is -0.507 e. The van der Waals surface area contributed by atoms with E-state index in [2.05, 4.69) is 10.2 Å². The maximum Gasteiger partial charge on any atom is 0.301 e. The highest BCUT2D eigenvalue weighted by Gasteiger charge is 2.48. The van der Waals surface area contributed by atoms with Gasteiger partial charge in [-0.2, -0.15) is 0 Å². The third kappa shape index (κ3) is 3.89. The number of amides is 1. The van der Waals surface area contributed by atoms with Crippen molar-refractivity contribution in [3.05, 3.63) is 64.2 Å². The molecule has 10 heteroatoms. The zero-order valence-electron chi connectivity index (χ0n) is 18.4. The van der Waals surface area contributed by atoms with Crippen LogP contribution in [0.1, 0.15) is 22.2 Å². The molecule has 1 fully saturated rings. The van der Waals surface area contributed by atoms with Crippen molar-refractivity contribution < 1.29 is 28.9 Å². The van der Waals surface area contributed by atoms with E-state index in [0.717, 1.165) is 0 Å². The molecule has 1 N–H and O–H groups in total. The number of aromatic nitrogens is 2. The van der Waals surface area contributed by atoms with Crippen molar-refractivity contribution in [1.82, 2.24) is 10.2 Å². The van der Waals surface area contributed by atoms with E-state index in [1.54, 1.807) is 49.4 Å². The summed E-state index contributed by atoms with van der Waals surface area (Å²) in [6.45, 7) is 1.75. The summed E-state index contributed by atoms with van der Waals surface area (Å²) in [6.07, 6.45) is 0. The Bertz CT molecular complexity index is 1250. The standard InChI is InChI=1S/C23H21N3O6S/c1-12-24-25-23(33-12)26-19(14-7-10-16(31-3)17(11-14)32-4)18(21(28)22(26)29)20(27)13-5-8-15(30-2)9-6-13/h5-11,19,27H,1-4H3/b20-18-. The minimum atomic E-state index is -0.945. The molecule has 4 rings (SSSR count). The molecule has 1 unspecified atom stereocenters. The zero-order valence-corrected chi connectivity index (χ0v) is 19.2. The van der Waals surface area contributed by atoms with E-state index in [1.165, 1.54) is 37.6 Å². The Morgan fingerprint density at radius 3 is 2.24 bits per heavy atom. The van der Waals surface area contributed by atoms with Crippen LogP contribution in [0.25, 0.3) is 5.76 Å². The van der Waals surface area contributed by atoms with Crippen LogP contribution in [0.2, 0.25) is 0 Å². The average molecular weight is 468 g/mol. The van der Waals surface area contributed by atoms with Crippen molar-refractivity contribution in [3.63, 3.8) is 0 Å². The van der Waals surface area contributed by atoms with Gasteiger partial charge in [-0.25, -0.2) is 0 Å². The molecule has 2 aromatic carbocycles. The van der Waals surface area contributed by atoms with Crippen molar-refractivity contribution in [3.8, 4) is 17.2 Å². The summed E-state index contributed by atoms with van der Waals surface area (Å²) in [4.78, 5) is 27.5. The lowest BCUT2D eigenvalue weighted by Crippen LogP contribution is -2.29. The van der Waals surface area contributed by atoms with Gasteiger partial charge in [0.1, 0.15) is 16.5 Å². The number of carbonyl (C=O) groups is 2. The molecule has 1 atom stereocenters. The fourth-order valence-electron chi connectivity index (χ4n) is 3.66. The molecule has 0 saturated carbocycles. The molecule has 33 heavy (non-hydrogen) atoms. The van der Waals surface area contributed by atoms with Gasteiger partial charge in [0.2, 0.25) is 5.13 Å². The molecule has 1 amide bonds. The Labute approximate surface area is 193 Å². The van der Waals surface area contributed by atoms with Gasteiger partial charge in [0.25, 0.3) is 5.78 Å². The predicted octanol–water partition coefficient (Wildman–Crippen LogP) is 3.50. The van der Waals surface area contributed by atoms with Gasteiger partial charge in [-0.05, 0) is 48.9 Å². The van der Waals surface area contributed by atoms with Gasteiger partial charge in [-0.1, -0.05) is 17.4 Å². The number of Topliss-reactive ketones (excluding diaryl/α,β-unsaturated/α-hetero) is 1. The average Bonchev–Trinajstić information content (AvgIpc) is 3.38. The Morgan fingerprint density at radius 1 is 0.970 bits per heavy atom. The number of ketones is 1. The Balaban J connectivity index is 1.93. The molecule has 0 spiro atoms. The lowest BCUT2D eigenvalue weighted by Gasteiger charge is -2.23. The minimum absolute atomic E-state index is 0.0646. The Hall–Kier alpha value is -3.92. The largest absolute Gasteiger partial charge is 0.507 e. The number of benzene rings is 2. The topological polar surface area (TPSA) is 111 Å². The summed E-state index contributed by atoms with van der Waals surface area (Å²) in [7, 11) is 4.53. The SMILES string of the molecule is COc1ccc(/C(O)=C2/C(=O)C(=O)N(c3nnc(C)s3)C2c2ccc(OC)c(OC)c2)cc1. The van der Waals surface area contributed by atoms with Gasteiger partial charge >= 0.3 is 5.91 Å². The quantitative estimate of drug-likeness (QED) is 0.333. The maximum atomic E-state index is 13.2. The lowest BCUT2D eigenvalue weighted by atomic mass is 9.95. The highest BCUT2D eigenvalue weighted by atomic mass is 32.1. The van der Waals surface area contributed by atoms with Crippen LogP contribution < -0.4 is 19.1 Å². The molecule has 2 heterocycles. The molecule has 9 nitrogen and oxygen atoms in total. The molecule has 1 aliphatic heterocycles. The summed E-state index contributed by atoms with van der Waals surface area (Å²) < 4.78 is 15.9. The maximum absolute atomic E-state index is 13.2. The zero-order chi connectivity index (χ0) is 23.7. The number of hydrogen-bond donors (Lipinski definition) is 1. The molecule has 1 aromatic heterocycles. The fraction of sp³-hybridized carbons (Fsp3) is 0.217. The number of ether oxygens (including phenoxy) is 3. The smallest absolute Gasteiger partial charge is 0.301 e. The van der Waals surface area contributed by atoms with E-state index in [9.17, 15) is 14.7 Å². The molecule has 3 aromatic rings. The van der Waals surface area contributed by atoms with Gasteiger partial charge in [-0.15, -0.1) is 10.2 Å². The van der Waals surface area contributed by atoms with Crippen molar-refractivity contribution in [1.29, 1.82) is 0 Å². The number of rotatable bonds is 6. The van der Waals surface area contributed by atoms with Crippen molar-refractivity contribution >= 4 is 33.9 Å². The molecule has 0 radical (unpaired) electrons. The first kappa shape index (κ1) is 22.3. The molecular weight excluding hydrogens is 446 g/mol. The van der Waals surface area contributed by atoms with E-state index in [-0.39, 0.29) is 16.5 Å². The van der Waals surface area contributed by atoms with Gasteiger partial charge in [0, 0.05) is 5.56 Å². The second-order valence-electron chi connectivity index (χ2n) is 7.12. The molecule has 0 bridgehead atoms. The first-order chi connectivity index (χ1) is 15.9. The number of aliphatic hydroxyl groups excluding tert-OH is 1. The molecule has 1 aliphatic rings. The number of aryl methyl sites for hydroxylation is 1. The van der Waals surface area contributed by atoms with E-state index >= 15 is 0 Å². The highest BCUT2D eigenvalue weighted by molar-refractivity contribution is 7.15. The summed E-state index contributed by atoms with van der Waals surface area (Å²) >= 11 is 1.18. The van der Waals surface area contributed by atoms with Crippen LogP contribution in [0.4, 0.5) is 5.13 Å². The van der Waals surface area contributed by atoms with E-state index in [1.807, 2.05) is 0 Å². The predicted molar refractivity (Wildman–Crippen MR) is 122 cm³/mol. The number of anilines is 1. The molecular formula is C23H21N3O6S. The van der Waals surface area contributed by atoms with E-state index in [0.29, 0.717) is 33.4 Å². The third-order valence-corrected chi connectivity index (χ3v) is 6.09. The third-order valence-electron chi connectivity index (χ3n) is 5.25. The highest BCUT2D eigenvalue weighted by Crippen LogP contribution is 2.44. The molecule has 1 saturated heterocycles. The number of carbonyl (C=O) groups excluding carboxylic acids is 2. The van der Waals surface area contributed by atoms with Gasteiger partial charge < -0.3 is 19.3 Å². The first-order valence-corrected chi connectivity index (χ1v) is 10.7. The number of nitrogens with zero attached hydrogens (tertiary/aromatic N) is 3. The Morgan fingerprint density at radius 2 is 1.67 bits per heavy atom. The summed E-state index contributed by atoms with van der Waals surface area (Å²) in [6, 6.07) is 10.6. The fourth-order valence-corrected chi connectivity index (χ4v) is 4.37. The summed E-state index contributed by atoms with van der Waals surface area (Å²) in [5, 5.41) is 20.1. The van der Waals surface area contributed by atoms with Gasteiger partial charge in [0.05, 0.1) is 32.9 Å². The van der Waals surface area contributed by atoms with Crippen LogP contribution in [0.3, 0.4) is 0 Å². The van der Waals surface area contributed by atoms with Gasteiger partial charge in [-0.3, -0.25) is 14.5 Å². The van der Waals surface area contributed by atoms with Crippen molar-refractivity contribution in [2.45, 2.75) is 13.0 Å². The van der Waals surface area contributed by atoms with E-state index in [4.69, 9.17) is 14.2 Å². The number of hydrogen-bond acceptors (Lipinski definition) is 9.